The fourth-order valence-corrected chi connectivity index (χ4v) is 4.81. The van der Waals surface area contributed by atoms with E-state index >= 15 is 0 Å². The van der Waals surface area contributed by atoms with Gasteiger partial charge in [-0.25, -0.2) is 4.79 Å². The van der Waals surface area contributed by atoms with E-state index in [1.165, 1.54) is 40.2 Å². The minimum atomic E-state index is -0.377. The van der Waals surface area contributed by atoms with Gasteiger partial charge in [-0.2, -0.15) is 0 Å². The average Bonchev–Trinajstić information content (AvgIpc) is 3.09. The first kappa shape index (κ1) is 16.3. The van der Waals surface area contributed by atoms with Crippen LogP contribution in [0.25, 0.3) is 0 Å². The summed E-state index contributed by atoms with van der Waals surface area (Å²) in [5.74, 6) is -0.528. The van der Waals surface area contributed by atoms with E-state index in [0.717, 1.165) is 31.4 Å². The molecule has 1 aliphatic heterocycles. The minimum absolute atomic E-state index is 0.151. The molecule has 5 heteroatoms. The lowest BCUT2D eigenvalue weighted by molar-refractivity contribution is -0.121. The number of rotatable bonds is 3. The van der Waals surface area contributed by atoms with E-state index in [2.05, 4.69) is 6.07 Å². The number of hydrogen-bond donors (Lipinski definition) is 0. The summed E-state index contributed by atoms with van der Waals surface area (Å²) >= 11 is 1.52. The predicted molar refractivity (Wildman–Crippen MR) is 98.4 cm³/mol. The fourth-order valence-electron chi connectivity index (χ4n) is 3.66. The Bertz CT molecular complexity index is 788. The SMILES string of the molecule is O=C(OCC(=O)N1CCCc2ccccc21)c1cc2c(s1)CCCC2. The van der Waals surface area contributed by atoms with E-state index in [9.17, 15) is 9.59 Å². The zero-order valence-electron chi connectivity index (χ0n) is 14.1. The highest BCUT2D eigenvalue weighted by atomic mass is 32.1. The minimum Gasteiger partial charge on any atom is -0.451 e. The molecule has 2 aromatic rings. The lowest BCUT2D eigenvalue weighted by Gasteiger charge is -2.29. The topological polar surface area (TPSA) is 46.6 Å². The average molecular weight is 355 g/mol. The molecular weight excluding hydrogens is 334 g/mol. The largest absolute Gasteiger partial charge is 0.451 e. The van der Waals surface area contributed by atoms with Crippen LogP contribution in [0.4, 0.5) is 5.69 Å². The van der Waals surface area contributed by atoms with Gasteiger partial charge in [0, 0.05) is 17.1 Å². The monoisotopic (exact) mass is 355 g/mol. The number of ether oxygens (including phenoxy) is 1. The second-order valence-electron chi connectivity index (χ2n) is 6.62. The zero-order valence-corrected chi connectivity index (χ0v) is 14.9. The predicted octanol–water partition coefficient (Wildman–Crippen LogP) is 3.76. The highest BCUT2D eigenvalue weighted by molar-refractivity contribution is 7.14. The molecule has 0 N–H and O–H groups in total. The molecule has 130 valence electrons. The Labute approximate surface area is 151 Å². The summed E-state index contributed by atoms with van der Waals surface area (Å²) in [5, 5.41) is 0. The van der Waals surface area contributed by atoms with Gasteiger partial charge >= 0.3 is 5.97 Å². The van der Waals surface area contributed by atoms with Gasteiger partial charge in [0.25, 0.3) is 5.91 Å². The highest BCUT2D eigenvalue weighted by Gasteiger charge is 2.24. The van der Waals surface area contributed by atoms with Crippen molar-refractivity contribution >= 4 is 28.9 Å². The maximum atomic E-state index is 12.5. The van der Waals surface area contributed by atoms with E-state index in [4.69, 9.17) is 4.74 Å². The molecule has 4 nitrogen and oxygen atoms in total. The third kappa shape index (κ3) is 3.33. The Hall–Kier alpha value is -2.14. The number of anilines is 1. The number of thiophene rings is 1. The molecule has 0 unspecified atom stereocenters. The summed E-state index contributed by atoms with van der Waals surface area (Å²) < 4.78 is 5.32. The number of esters is 1. The Balaban J connectivity index is 1.41. The molecule has 0 spiro atoms. The maximum Gasteiger partial charge on any atom is 0.348 e. The summed E-state index contributed by atoms with van der Waals surface area (Å²) in [5.41, 5.74) is 3.40. The second kappa shape index (κ2) is 7.00. The number of carbonyl (C=O) groups is 2. The van der Waals surface area contributed by atoms with E-state index < -0.39 is 0 Å². The molecule has 4 rings (SSSR count). The number of amides is 1. The molecule has 1 amide bonds. The maximum absolute atomic E-state index is 12.5. The third-order valence-corrected chi connectivity index (χ3v) is 6.15. The molecule has 2 heterocycles. The van der Waals surface area contributed by atoms with Crippen LogP contribution in [0.1, 0.15) is 44.9 Å². The van der Waals surface area contributed by atoms with E-state index in [0.29, 0.717) is 11.4 Å². The quantitative estimate of drug-likeness (QED) is 0.788. The van der Waals surface area contributed by atoms with Gasteiger partial charge in [0.2, 0.25) is 0 Å². The second-order valence-corrected chi connectivity index (χ2v) is 7.76. The smallest absolute Gasteiger partial charge is 0.348 e. The number of para-hydroxylation sites is 1. The van der Waals surface area contributed by atoms with E-state index in [1.807, 2.05) is 24.3 Å². The van der Waals surface area contributed by atoms with Gasteiger partial charge in [-0.3, -0.25) is 4.79 Å². The Morgan fingerprint density at radius 3 is 2.72 bits per heavy atom. The third-order valence-electron chi connectivity index (χ3n) is 4.94. The number of fused-ring (bicyclic) bond motifs is 2. The molecule has 0 bridgehead atoms. The van der Waals surface area contributed by atoms with Crippen molar-refractivity contribution in [3.63, 3.8) is 0 Å². The molecular formula is C20H21NO3S. The van der Waals surface area contributed by atoms with Crippen LogP contribution < -0.4 is 4.90 Å². The number of benzene rings is 1. The van der Waals surface area contributed by atoms with Crippen LogP contribution >= 0.6 is 11.3 Å². The number of aryl methyl sites for hydroxylation is 3. The molecule has 0 saturated heterocycles. The molecule has 1 aliphatic carbocycles. The van der Waals surface area contributed by atoms with Crippen molar-refractivity contribution in [2.45, 2.75) is 38.5 Å². The molecule has 1 aromatic heterocycles. The first-order valence-corrected chi connectivity index (χ1v) is 9.71. The van der Waals surface area contributed by atoms with Crippen LogP contribution in [-0.4, -0.2) is 25.0 Å². The fraction of sp³-hybridized carbons (Fsp3) is 0.400. The van der Waals surface area contributed by atoms with E-state index in [1.54, 1.807) is 4.90 Å². The van der Waals surface area contributed by atoms with Crippen LogP contribution in [-0.2, 0) is 28.8 Å². The van der Waals surface area contributed by atoms with Crippen molar-refractivity contribution < 1.29 is 14.3 Å². The molecule has 0 radical (unpaired) electrons. The first-order valence-electron chi connectivity index (χ1n) is 8.89. The Morgan fingerprint density at radius 1 is 1.04 bits per heavy atom. The van der Waals surface area contributed by atoms with Crippen LogP contribution in [0.5, 0.6) is 0 Å². The Kier molecular flexibility index (Phi) is 4.57. The van der Waals surface area contributed by atoms with Crippen molar-refractivity contribution in [3.8, 4) is 0 Å². The summed E-state index contributed by atoms with van der Waals surface area (Å²) in [6, 6.07) is 9.89. The molecule has 0 fully saturated rings. The highest BCUT2D eigenvalue weighted by Crippen LogP contribution is 2.30. The van der Waals surface area contributed by atoms with Gasteiger partial charge in [-0.15, -0.1) is 11.3 Å². The molecule has 2 aliphatic rings. The molecule has 0 atom stereocenters. The summed E-state index contributed by atoms with van der Waals surface area (Å²) in [7, 11) is 0. The van der Waals surface area contributed by atoms with Gasteiger partial charge < -0.3 is 9.64 Å². The summed E-state index contributed by atoms with van der Waals surface area (Å²) in [4.78, 5) is 28.5. The van der Waals surface area contributed by atoms with Crippen LogP contribution in [0, 0.1) is 0 Å². The summed E-state index contributed by atoms with van der Waals surface area (Å²) in [6.45, 7) is 0.483. The van der Waals surface area contributed by atoms with Gasteiger partial charge in [0.1, 0.15) is 4.88 Å². The summed E-state index contributed by atoms with van der Waals surface area (Å²) in [6.07, 6.45) is 6.40. The van der Waals surface area contributed by atoms with Gasteiger partial charge in [0.05, 0.1) is 0 Å². The number of nitrogens with zero attached hydrogens (tertiary/aromatic N) is 1. The standard InChI is InChI=1S/C20H21NO3S/c22-19(21-11-5-8-14-6-1-3-9-16(14)21)13-24-20(23)18-12-15-7-2-4-10-17(15)25-18/h1,3,6,9,12H,2,4-5,7-8,10-11,13H2. The molecule has 0 saturated carbocycles. The van der Waals surface area contributed by atoms with Gasteiger partial charge in [-0.05, 0) is 61.8 Å². The zero-order chi connectivity index (χ0) is 17.2. The van der Waals surface area contributed by atoms with Crippen LogP contribution in [0.3, 0.4) is 0 Å². The van der Waals surface area contributed by atoms with Crippen molar-refractivity contribution in [2.24, 2.45) is 0 Å². The van der Waals surface area contributed by atoms with E-state index in [-0.39, 0.29) is 18.5 Å². The molecule has 1 aromatic carbocycles. The van der Waals surface area contributed by atoms with Gasteiger partial charge in [0.15, 0.2) is 6.61 Å². The Morgan fingerprint density at radius 2 is 1.84 bits per heavy atom. The number of hydrogen-bond acceptors (Lipinski definition) is 4. The van der Waals surface area contributed by atoms with Crippen molar-refractivity contribution in [3.05, 3.63) is 51.2 Å². The van der Waals surface area contributed by atoms with Crippen molar-refractivity contribution in [1.82, 2.24) is 0 Å². The number of carbonyl (C=O) groups excluding carboxylic acids is 2. The lowest BCUT2D eigenvalue weighted by atomic mass is 9.99. The van der Waals surface area contributed by atoms with Crippen LogP contribution in [0.15, 0.2) is 30.3 Å². The van der Waals surface area contributed by atoms with Crippen molar-refractivity contribution in [2.75, 3.05) is 18.1 Å². The lowest BCUT2D eigenvalue weighted by Crippen LogP contribution is -2.38. The molecule has 25 heavy (non-hydrogen) atoms. The van der Waals surface area contributed by atoms with Crippen LogP contribution in [0.2, 0.25) is 0 Å². The normalized spacial score (nSPS) is 16.1. The first-order chi connectivity index (χ1) is 12.2. The van der Waals surface area contributed by atoms with Crippen molar-refractivity contribution in [1.29, 1.82) is 0 Å². The van der Waals surface area contributed by atoms with Gasteiger partial charge in [-0.1, -0.05) is 18.2 Å².